The molecule has 0 aromatic rings. The first-order valence-corrected chi connectivity index (χ1v) is 7.66. The van der Waals surface area contributed by atoms with Gasteiger partial charge in [0.2, 0.25) is 0 Å². The van der Waals surface area contributed by atoms with Crippen LogP contribution >= 0.6 is 0 Å². The van der Waals surface area contributed by atoms with Crippen LogP contribution in [0.4, 0.5) is 0 Å². The Balaban J connectivity index is 4.12. The van der Waals surface area contributed by atoms with Crippen molar-refractivity contribution in [1.82, 2.24) is 10.6 Å². The molecule has 0 saturated carbocycles. The number of hydrogen-bond donors (Lipinski definition) is 3. The van der Waals surface area contributed by atoms with Gasteiger partial charge in [0.15, 0.2) is 5.96 Å². The number of ketones is 2. The topological polar surface area (TPSA) is 96.6 Å². The lowest BCUT2D eigenvalue weighted by molar-refractivity contribution is -0.124. The van der Waals surface area contributed by atoms with Crippen molar-refractivity contribution in [1.29, 1.82) is 0 Å². The van der Waals surface area contributed by atoms with E-state index in [-0.39, 0.29) is 23.7 Å². The molecule has 21 heavy (non-hydrogen) atoms. The van der Waals surface area contributed by atoms with Gasteiger partial charge in [-0.2, -0.15) is 0 Å². The maximum atomic E-state index is 11.7. The minimum atomic E-state index is 0.0537. The first-order valence-electron chi connectivity index (χ1n) is 7.66. The zero-order chi connectivity index (χ0) is 16.3. The fourth-order valence-corrected chi connectivity index (χ4v) is 1.66. The van der Waals surface area contributed by atoms with Crippen LogP contribution in [-0.2, 0) is 9.59 Å². The van der Waals surface area contributed by atoms with E-state index in [4.69, 9.17) is 5.73 Å². The minimum Gasteiger partial charge on any atom is -0.354 e. The van der Waals surface area contributed by atoms with Crippen molar-refractivity contribution < 1.29 is 9.59 Å². The van der Waals surface area contributed by atoms with Gasteiger partial charge < -0.3 is 16.4 Å². The third kappa shape index (κ3) is 12.1. The number of nitrogens with two attached hydrogens (primary N) is 1. The van der Waals surface area contributed by atoms with Gasteiger partial charge in [-0.15, -0.1) is 0 Å². The molecule has 0 fully saturated rings. The first-order chi connectivity index (χ1) is 9.85. The molecule has 0 aliphatic carbocycles. The zero-order valence-corrected chi connectivity index (χ0v) is 13.7. The molecule has 0 amide bonds. The van der Waals surface area contributed by atoms with Crippen LogP contribution < -0.4 is 16.4 Å². The summed E-state index contributed by atoms with van der Waals surface area (Å²) in [6.07, 6.45) is 1.30. The Hall–Kier alpha value is -1.43. The molecule has 0 aliphatic rings. The largest absolute Gasteiger partial charge is 0.354 e. The van der Waals surface area contributed by atoms with E-state index in [1.165, 1.54) is 0 Å². The molecule has 4 N–H and O–H groups in total. The highest BCUT2D eigenvalue weighted by Crippen LogP contribution is 1.99. The van der Waals surface area contributed by atoms with Crippen LogP contribution in [0, 0.1) is 0 Å². The normalized spacial score (nSPS) is 10.6. The Morgan fingerprint density at radius 1 is 0.905 bits per heavy atom. The fraction of sp³-hybridized carbons (Fsp3) is 0.800. The van der Waals surface area contributed by atoms with Crippen LogP contribution in [0.15, 0.2) is 4.99 Å². The Morgan fingerprint density at radius 3 is 1.81 bits per heavy atom. The standard InChI is InChI=1S/C15H30N4O2/c1-11(2)18-15(19-12(3)4)17-10-8-14(21)6-5-13(20)7-9-16/h11-12H,5-10,16H2,1-4H3,(H2,17,18,19). The lowest BCUT2D eigenvalue weighted by Crippen LogP contribution is -2.44. The van der Waals surface area contributed by atoms with Crippen molar-refractivity contribution in [2.75, 3.05) is 13.1 Å². The average Bonchev–Trinajstić information content (AvgIpc) is 2.35. The number of carbonyl (C=O) groups is 2. The lowest BCUT2D eigenvalue weighted by atomic mass is 10.1. The molecule has 0 atom stereocenters. The van der Waals surface area contributed by atoms with Gasteiger partial charge in [0, 0.05) is 44.3 Å². The average molecular weight is 298 g/mol. The first kappa shape index (κ1) is 19.6. The Kier molecular flexibility index (Phi) is 10.5. The third-order valence-electron chi connectivity index (χ3n) is 2.62. The minimum absolute atomic E-state index is 0.0537. The number of nitrogens with zero attached hydrogens (tertiary/aromatic N) is 1. The zero-order valence-electron chi connectivity index (χ0n) is 13.7. The summed E-state index contributed by atoms with van der Waals surface area (Å²) >= 11 is 0. The molecule has 0 aromatic heterocycles. The highest BCUT2D eigenvalue weighted by atomic mass is 16.1. The van der Waals surface area contributed by atoms with E-state index in [2.05, 4.69) is 15.6 Å². The Bertz CT molecular complexity index is 340. The predicted molar refractivity (Wildman–Crippen MR) is 86.4 cm³/mol. The summed E-state index contributed by atoms with van der Waals surface area (Å²) in [5.74, 6) is 0.836. The summed E-state index contributed by atoms with van der Waals surface area (Å²) in [5.41, 5.74) is 5.29. The molecule has 0 saturated heterocycles. The van der Waals surface area contributed by atoms with E-state index in [0.29, 0.717) is 44.7 Å². The molecule has 0 unspecified atom stereocenters. The molecule has 122 valence electrons. The molecule has 0 aromatic carbocycles. The van der Waals surface area contributed by atoms with E-state index in [1.807, 2.05) is 27.7 Å². The second-order valence-corrected chi connectivity index (χ2v) is 5.69. The second kappa shape index (κ2) is 11.3. The van der Waals surface area contributed by atoms with Crippen LogP contribution in [0.5, 0.6) is 0 Å². The fourth-order valence-electron chi connectivity index (χ4n) is 1.66. The van der Waals surface area contributed by atoms with E-state index in [9.17, 15) is 9.59 Å². The number of Topliss-reactive ketones (excluding diaryl/α,β-unsaturated/α-hetero) is 2. The van der Waals surface area contributed by atoms with Gasteiger partial charge in [-0.25, -0.2) is 0 Å². The maximum absolute atomic E-state index is 11.7. The van der Waals surface area contributed by atoms with E-state index >= 15 is 0 Å². The Labute approximate surface area is 128 Å². The van der Waals surface area contributed by atoms with Crippen LogP contribution in [0.3, 0.4) is 0 Å². The number of guanidine groups is 1. The smallest absolute Gasteiger partial charge is 0.191 e. The Morgan fingerprint density at radius 2 is 1.38 bits per heavy atom. The van der Waals surface area contributed by atoms with Gasteiger partial charge in [-0.05, 0) is 34.2 Å². The van der Waals surface area contributed by atoms with Crippen molar-refractivity contribution in [2.24, 2.45) is 10.7 Å². The quantitative estimate of drug-likeness (QED) is 0.413. The molecular formula is C15H30N4O2. The van der Waals surface area contributed by atoms with Crippen molar-refractivity contribution in [3.63, 3.8) is 0 Å². The molecule has 6 heteroatoms. The van der Waals surface area contributed by atoms with Gasteiger partial charge in [-0.1, -0.05) is 0 Å². The van der Waals surface area contributed by atoms with Gasteiger partial charge >= 0.3 is 0 Å². The van der Waals surface area contributed by atoms with Crippen LogP contribution in [0.1, 0.15) is 53.4 Å². The highest BCUT2D eigenvalue weighted by molar-refractivity contribution is 5.86. The summed E-state index contributed by atoms with van der Waals surface area (Å²) in [7, 11) is 0. The number of nitrogens with one attached hydrogen (secondary N) is 2. The summed E-state index contributed by atoms with van der Waals surface area (Å²) in [6, 6.07) is 0.555. The van der Waals surface area contributed by atoms with Crippen LogP contribution in [0.25, 0.3) is 0 Å². The summed E-state index contributed by atoms with van der Waals surface area (Å²) in [4.78, 5) is 27.4. The van der Waals surface area contributed by atoms with Crippen LogP contribution in [0.2, 0.25) is 0 Å². The molecule has 0 bridgehead atoms. The number of aliphatic imine (C=N–C) groups is 1. The summed E-state index contributed by atoms with van der Waals surface area (Å²) in [5, 5.41) is 6.42. The maximum Gasteiger partial charge on any atom is 0.191 e. The van der Waals surface area contributed by atoms with Crippen molar-refractivity contribution in [3.8, 4) is 0 Å². The SMILES string of the molecule is CC(C)NC(=NCCC(=O)CCC(=O)CCN)NC(C)C. The lowest BCUT2D eigenvalue weighted by Gasteiger charge is -2.17. The molecule has 6 nitrogen and oxygen atoms in total. The van der Waals surface area contributed by atoms with Gasteiger partial charge in [0.05, 0.1) is 0 Å². The van der Waals surface area contributed by atoms with E-state index < -0.39 is 0 Å². The monoisotopic (exact) mass is 298 g/mol. The number of carbonyl (C=O) groups excluding carboxylic acids is 2. The molecule has 0 spiro atoms. The molecule has 0 radical (unpaired) electrons. The number of hydrogen-bond acceptors (Lipinski definition) is 4. The van der Waals surface area contributed by atoms with E-state index in [1.54, 1.807) is 0 Å². The molecule has 0 rings (SSSR count). The molecular weight excluding hydrogens is 268 g/mol. The number of rotatable bonds is 10. The van der Waals surface area contributed by atoms with E-state index in [0.717, 1.165) is 0 Å². The van der Waals surface area contributed by atoms with Gasteiger partial charge in [0.25, 0.3) is 0 Å². The predicted octanol–water partition coefficient (Wildman–Crippen LogP) is 0.996. The van der Waals surface area contributed by atoms with Gasteiger partial charge in [0.1, 0.15) is 11.6 Å². The second-order valence-electron chi connectivity index (χ2n) is 5.69. The summed E-state index contributed by atoms with van der Waals surface area (Å²) < 4.78 is 0. The third-order valence-corrected chi connectivity index (χ3v) is 2.62. The summed E-state index contributed by atoms with van der Waals surface area (Å²) in [6.45, 7) is 8.91. The highest BCUT2D eigenvalue weighted by Gasteiger charge is 2.07. The van der Waals surface area contributed by atoms with Crippen molar-refractivity contribution in [3.05, 3.63) is 0 Å². The van der Waals surface area contributed by atoms with Crippen molar-refractivity contribution in [2.45, 2.75) is 65.5 Å². The van der Waals surface area contributed by atoms with Crippen molar-refractivity contribution >= 4 is 17.5 Å². The molecule has 0 heterocycles. The van der Waals surface area contributed by atoms with Gasteiger partial charge in [-0.3, -0.25) is 14.6 Å². The van der Waals surface area contributed by atoms with Crippen LogP contribution in [-0.4, -0.2) is 42.7 Å². The molecule has 0 aliphatic heterocycles.